The van der Waals surface area contributed by atoms with Crippen LogP contribution in [0, 0.1) is 0 Å². The average Bonchev–Trinajstić information content (AvgIpc) is 2.89. The van der Waals surface area contributed by atoms with Crippen molar-refractivity contribution in [3.8, 4) is 0 Å². The molecule has 2 aromatic heterocycles. The van der Waals surface area contributed by atoms with Crippen LogP contribution < -0.4 is 15.8 Å². The molecule has 0 radical (unpaired) electrons. The average molecular weight is 345 g/mol. The lowest BCUT2D eigenvalue weighted by Crippen LogP contribution is -2.21. The van der Waals surface area contributed by atoms with Gasteiger partial charge in [0.1, 0.15) is 5.82 Å². The molecule has 0 aliphatic carbocycles. The number of hydrogen-bond donors (Lipinski definition) is 1. The van der Waals surface area contributed by atoms with Crippen LogP contribution >= 0.6 is 0 Å². The molecule has 1 N–H and O–H groups in total. The highest BCUT2D eigenvalue weighted by Crippen LogP contribution is 2.26. The third kappa shape index (κ3) is 4.95. The lowest BCUT2D eigenvalue weighted by atomic mass is 10.1. The van der Waals surface area contributed by atoms with E-state index in [1.54, 1.807) is 16.7 Å². The van der Waals surface area contributed by atoms with Crippen molar-refractivity contribution in [1.82, 2.24) is 19.7 Å². The van der Waals surface area contributed by atoms with E-state index in [0.29, 0.717) is 5.92 Å². The van der Waals surface area contributed by atoms with Gasteiger partial charge in [-0.25, -0.2) is 0 Å². The van der Waals surface area contributed by atoms with Gasteiger partial charge in [-0.1, -0.05) is 19.9 Å². The smallest absolute Gasteiger partial charge is 0.250 e. The van der Waals surface area contributed by atoms with Crippen molar-refractivity contribution < 1.29 is 0 Å². The Hall–Kier alpha value is -2.08. The minimum Gasteiger partial charge on any atom is -0.363 e. The maximum Gasteiger partial charge on any atom is 0.250 e. The van der Waals surface area contributed by atoms with Crippen LogP contribution in [0.2, 0.25) is 0 Å². The van der Waals surface area contributed by atoms with Crippen LogP contribution in [0.3, 0.4) is 0 Å². The molecule has 0 aromatic carbocycles. The third-order valence-electron chi connectivity index (χ3n) is 4.32. The number of rotatable bonds is 9. The number of pyridine rings is 1. The molecule has 0 spiro atoms. The van der Waals surface area contributed by atoms with E-state index in [-0.39, 0.29) is 5.56 Å². The minimum atomic E-state index is 0.0722. The van der Waals surface area contributed by atoms with Crippen LogP contribution in [0.25, 0.3) is 0 Å². The number of anilines is 1. The highest BCUT2D eigenvalue weighted by molar-refractivity contribution is 5.50. The van der Waals surface area contributed by atoms with E-state index in [1.807, 2.05) is 24.0 Å². The first-order valence-electron chi connectivity index (χ1n) is 9.01. The molecule has 0 aliphatic rings. The van der Waals surface area contributed by atoms with Gasteiger partial charge in [0, 0.05) is 52.1 Å². The van der Waals surface area contributed by atoms with Gasteiger partial charge < -0.3 is 14.8 Å². The van der Waals surface area contributed by atoms with Crippen molar-refractivity contribution in [1.29, 1.82) is 0 Å². The molecule has 25 heavy (non-hydrogen) atoms. The summed E-state index contributed by atoms with van der Waals surface area (Å²) in [7, 11) is 6.12. The SMILES string of the molecule is CC(C)c1nn(C)c(N(C)C)c1CNCCCCn1ccccc1=O. The van der Waals surface area contributed by atoms with Gasteiger partial charge in [0.05, 0.1) is 5.69 Å². The molecule has 0 atom stereocenters. The van der Waals surface area contributed by atoms with Crippen molar-refractivity contribution >= 4 is 5.82 Å². The van der Waals surface area contributed by atoms with Crippen LogP contribution in [0.4, 0.5) is 5.82 Å². The van der Waals surface area contributed by atoms with Crippen molar-refractivity contribution in [3.05, 3.63) is 46.0 Å². The lowest BCUT2D eigenvalue weighted by molar-refractivity contribution is 0.558. The van der Waals surface area contributed by atoms with Crippen molar-refractivity contribution in [2.45, 2.75) is 45.7 Å². The summed E-state index contributed by atoms with van der Waals surface area (Å²) in [6.45, 7) is 6.89. The van der Waals surface area contributed by atoms with E-state index in [2.05, 4.69) is 38.2 Å². The largest absolute Gasteiger partial charge is 0.363 e. The van der Waals surface area contributed by atoms with E-state index in [4.69, 9.17) is 5.10 Å². The summed E-state index contributed by atoms with van der Waals surface area (Å²) in [5.41, 5.74) is 2.51. The van der Waals surface area contributed by atoms with Crippen LogP contribution in [-0.2, 0) is 20.1 Å². The van der Waals surface area contributed by atoms with Crippen LogP contribution in [0.15, 0.2) is 29.2 Å². The van der Waals surface area contributed by atoms with E-state index in [9.17, 15) is 4.79 Å². The highest BCUT2D eigenvalue weighted by atomic mass is 16.1. The molecule has 0 amide bonds. The van der Waals surface area contributed by atoms with Crippen LogP contribution in [-0.4, -0.2) is 35.0 Å². The molecule has 0 unspecified atom stereocenters. The Labute approximate surface area is 150 Å². The summed E-state index contributed by atoms with van der Waals surface area (Å²) in [5, 5.41) is 8.23. The van der Waals surface area contributed by atoms with Gasteiger partial charge >= 0.3 is 0 Å². The quantitative estimate of drug-likeness (QED) is 0.709. The summed E-state index contributed by atoms with van der Waals surface area (Å²) in [5.74, 6) is 1.56. The lowest BCUT2D eigenvalue weighted by Gasteiger charge is -2.16. The summed E-state index contributed by atoms with van der Waals surface area (Å²) < 4.78 is 3.73. The second-order valence-electron chi connectivity index (χ2n) is 6.98. The second kappa shape index (κ2) is 8.85. The fourth-order valence-electron chi connectivity index (χ4n) is 3.16. The molecular formula is C19H31N5O. The number of unbranched alkanes of at least 4 members (excludes halogenated alkanes) is 1. The van der Waals surface area contributed by atoms with Gasteiger partial charge in [-0.15, -0.1) is 0 Å². The van der Waals surface area contributed by atoms with Gasteiger partial charge in [-0.3, -0.25) is 9.48 Å². The van der Waals surface area contributed by atoms with Crippen molar-refractivity contribution in [2.24, 2.45) is 7.05 Å². The maximum absolute atomic E-state index is 11.7. The Balaban J connectivity index is 1.85. The second-order valence-corrected chi connectivity index (χ2v) is 6.98. The van der Waals surface area contributed by atoms with Gasteiger partial charge in [0.25, 0.3) is 0 Å². The standard InChI is InChI=1S/C19H31N5O/c1-15(2)18-16(19(22(3)4)23(5)21-18)14-20-11-7-9-13-24-12-8-6-10-17(24)25/h6,8,10,12,15,20H,7,9,11,13-14H2,1-5H3. The number of aryl methyl sites for hydroxylation is 2. The molecule has 0 aliphatic heterocycles. The molecule has 0 saturated carbocycles. The molecule has 2 aromatic rings. The minimum absolute atomic E-state index is 0.0722. The summed E-state index contributed by atoms with van der Waals surface area (Å²) >= 11 is 0. The zero-order valence-electron chi connectivity index (χ0n) is 16.1. The maximum atomic E-state index is 11.7. The monoisotopic (exact) mass is 345 g/mol. The predicted molar refractivity (Wildman–Crippen MR) is 103 cm³/mol. The van der Waals surface area contributed by atoms with E-state index >= 15 is 0 Å². The van der Waals surface area contributed by atoms with E-state index < -0.39 is 0 Å². The Morgan fingerprint density at radius 3 is 2.64 bits per heavy atom. The molecule has 6 nitrogen and oxygen atoms in total. The number of nitrogens with one attached hydrogen (secondary N) is 1. The van der Waals surface area contributed by atoms with Crippen molar-refractivity contribution in [3.63, 3.8) is 0 Å². The van der Waals surface area contributed by atoms with E-state index in [0.717, 1.165) is 44.0 Å². The summed E-state index contributed by atoms with van der Waals surface area (Å²) in [6.07, 6.45) is 3.88. The molecule has 0 fully saturated rings. The predicted octanol–water partition coefficient (Wildman–Crippen LogP) is 2.34. The Morgan fingerprint density at radius 1 is 1.24 bits per heavy atom. The molecular weight excluding hydrogens is 314 g/mol. The molecule has 6 heteroatoms. The topological polar surface area (TPSA) is 55.1 Å². The zero-order chi connectivity index (χ0) is 18.4. The van der Waals surface area contributed by atoms with E-state index in [1.165, 1.54) is 5.56 Å². The summed E-state index contributed by atoms with van der Waals surface area (Å²) in [6, 6.07) is 5.29. The van der Waals surface area contributed by atoms with Crippen LogP contribution in [0.1, 0.15) is 43.9 Å². The third-order valence-corrected chi connectivity index (χ3v) is 4.32. The first-order valence-corrected chi connectivity index (χ1v) is 9.01. The first kappa shape index (κ1) is 19.2. The van der Waals surface area contributed by atoms with Gasteiger partial charge in [-0.05, 0) is 31.4 Å². The normalized spacial score (nSPS) is 11.3. The molecule has 0 saturated heterocycles. The van der Waals surface area contributed by atoms with Gasteiger partial charge in [0.2, 0.25) is 5.56 Å². The number of hydrogen-bond acceptors (Lipinski definition) is 4. The van der Waals surface area contributed by atoms with Crippen LogP contribution in [0.5, 0.6) is 0 Å². The van der Waals surface area contributed by atoms with Gasteiger partial charge in [-0.2, -0.15) is 5.10 Å². The molecule has 2 heterocycles. The zero-order valence-corrected chi connectivity index (χ0v) is 16.1. The Morgan fingerprint density at radius 2 is 2.00 bits per heavy atom. The number of aromatic nitrogens is 3. The Bertz CT molecular complexity index is 730. The fourth-order valence-corrected chi connectivity index (χ4v) is 3.16. The first-order chi connectivity index (χ1) is 11.9. The van der Waals surface area contributed by atoms with Gasteiger partial charge in [0.15, 0.2) is 0 Å². The fraction of sp³-hybridized carbons (Fsp3) is 0.579. The molecule has 138 valence electrons. The summed E-state index contributed by atoms with van der Waals surface area (Å²) in [4.78, 5) is 13.8. The highest BCUT2D eigenvalue weighted by Gasteiger charge is 2.19. The molecule has 0 bridgehead atoms. The number of nitrogens with zero attached hydrogens (tertiary/aromatic N) is 4. The Kier molecular flexibility index (Phi) is 6.82. The molecule has 2 rings (SSSR count). The van der Waals surface area contributed by atoms with Crippen molar-refractivity contribution in [2.75, 3.05) is 25.5 Å².